The van der Waals surface area contributed by atoms with E-state index in [1.54, 1.807) is 6.92 Å². The lowest BCUT2D eigenvalue weighted by Crippen LogP contribution is -2.31. The number of carbonyl (C=O) groups excluding carboxylic acids is 1. The van der Waals surface area contributed by atoms with Crippen LogP contribution in [-0.2, 0) is 0 Å². The number of anilines is 1. The minimum atomic E-state index is -0.265. The first-order valence-corrected chi connectivity index (χ1v) is 5.44. The molecule has 1 aromatic rings. The smallest absolute Gasteiger partial charge is 0.319 e. The van der Waals surface area contributed by atoms with Crippen LogP contribution in [0.1, 0.15) is 11.8 Å². The van der Waals surface area contributed by atoms with Crippen molar-refractivity contribution in [3.05, 3.63) is 17.0 Å². The SMILES string of the molecule is Cc1ccc(NC(=O)NC[C@H](C)C#N)s1. The maximum absolute atomic E-state index is 11.3. The third-order valence-electron chi connectivity index (χ3n) is 1.77. The van der Waals surface area contributed by atoms with Gasteiger partial charge in [0.05, 0.1) is 17.0 Å². The molecule has 0 fully saturated rings. The van der Waals surface area contributed by atoms with Crippen LogP contribution >= 0.6 is 11.3 Å². The minimum Gasteiger partial charge on any atom is -0.337 e. The molecule has 0 saturated heterocycles. The lowest BCUT2D eigenvalue weighted by molar-refractivity contribution is 0.251. The Morgan fingerprint density at radius 2 is 2.40 bits per heavy atom. The number of nitrogens with one attached hydrogen (secondary N) is 2. The van der Waals surface area contributed by atoms with Crippen molar-refractivity contribution >= 4 is 22.4 Å². The van der Waals surface area contributed by atoms with Gasteiger partial charge in [-0.3, -0.25) is 5.32 Å². The minimum absolute atomic E-state index is 0.166. The Balaban J connectivity index is 2.34. The van der Waals surface area contributed by atoms with Crippen molar-refractivity contribution in [1.82, 2.24) is 5.32 Å². The molecule has 1 heterocycles. The fraction of sp³-hybridized carbons (Fsp3) is 0.400. The summed E-state index contributed by atoms with van der Waals surface area (Å²) in [6, 6.07) is 5.58. The summed E-state index contributed by atoms with van der Waals surface area (Å²) >= 11 is 1.52. The highest BCUT2D eigenvalue weighted by molar-refractivity contribution is 7.16. The second-order valence-electron chi connectivity index (χ2n) is 3.28. The van der Waals surface area contributed by atoms with Gasteiger partial charge in [0, 0.05) is 11.4 Å². The molecule has 0 saturated carbocycles. The number of rotatable bonds is 3. The van der Waals surface area contributed by atoms with E-state index in [4.69, 9.17) is 5.26 Å². The monoisotopic (exact) mass is 223 g/mol. The Morgan fingerprint density at radius 3 is 2.93 bits per heavy atom. The maximum Gasteiger partial charge on any atom is 0.319 e. The van der Waals surface area contributed by atoms with Crippen LogP contribution in [-0.4, -0.2) is 12.6 Å². The normalized spacial score (nSPS) is 11.5. The average Bonchev–Trinajstić information content (AvgIpc) is 2.60. The van der Waals surface area contributed by atoms with Gasteiger partial charge in [-0.2, -0.15) is 5.26 Å². The molecular formula is C10H13N3OS. The van der Waals surface area contributed by atoms with Gasteiger partial charge in [0.25, 0.3) is 0 Å². The lowest BCUT2D eigenvalue weighted by Gasteiger charge is -2.06. The summed E-state index contributed by atoms with van der Waals surface area (Å²) in [4.78, 5) is 12.5. The van der Waals surface area contributed by atoms with Crippen molar-refractivity contribution in [2.75, 3.05) is 11.9 Å². The molecule has 4 nitrogen and oxygen atoms in total. The Labute approximate surface area is 92.9 Å². The van der Waals surface area contributed by atoms with Crippen molar-refractivity contribution in [3.63, 3.8) is 0 Å². The largest absolute Gasteiger partial charge is 0.337 e. The Morgan fingerprint density at radius 1 is 1.67 bits per heavy atom. The number of aryl methyl sites for hydroxylation is 1. The number of nitriles is 1. The van der Waals surface area contributed by atoms with E-state index in [2.05, 4.69) is 10.6 Å². The topological polar surface area (TPSA) is 64.9 Å². The number of nitrogens with zero attached hydrogens (tertiary/aromatic N) is 1. The Kier molecular flexibility index (Phi) is 4.13. The standard InChI is InChI=1S/C10H13N3OS/c1-7(5-11)6-12-10(14)13-9-4-3-8(2)15-9/h3-4,7H,6H2,1-2H3,(H2,12,13,14)/t7-/m1/s1. The predicted octanol–water partition coefficient (Wildman–Crippen LogP) is 2.34. The van der Waals surface area contributed by atoms with Gasteiger partial charge in [0.15, 0.2) is 0 Å². The number of urea groups is 1. The van der Waals surface area contributed by atoms with Crippen LogP contribution in [0.5, 0.6) is 0 Å². The van der Waals surface area contributed by atoms with E-state index in [9.17, 15) is 4.79 Å². The number of carbonyl (C=O) groups is 1. The van der Waals surface area contributed by atoms with Gasteiger partial charge in [-0.1, -0.05) is 0 Å². The quantitative estimate of drug-likeness (QED) is 0.826. The van der Waals surface area contributed by atoms with Gasteiger partial charge in [0.2, 0.25) is 0 Å². The summed E-state index contributed by atoms with van der Waals surface area (Å²) < 4.78 is 0. The van der Waals surface area contributed by atoms with Gasteiger partial charge < -0.3 is 5.32 Å². The highest BCUT2D eigenvalue weighted by Gasteiger charge is 2.05. The summed E-state index contributed by atoms with van der Waals surface area (Å²) in [7, 11) is 0. The third kappa shape index (κ3) is 4.00. The van der Waals surface area contributed by atoms with Gasteiger partial charge in [0.1, 0.15) is 0 Å². The van der Waals surface area contributed by atoms with E-state index in [1.165, 1.54) is 11.3 Å². The Bertz CT molecular complexity index is 380. The first-order chi connectivity index (χ1) is 7.11. The van der Waals surface area contributed by atoms with Crippen LogP contribution in [0.3, 0.4) is 0 Å². The molecular weight excluding hydrogens is 210 g/mol. The van der Waals surface area contributed by atoms with Gasteiger partial charge >= 0.3 is 6.03 Å². The van der Waals surface area contributed by atoms with Crippen LogP contribution in [0.4, 0.5) is 9.80 Å². The molecule has 5 heteroatoms. The molecule has 15 heavy (non-hydrogen) atoms. The molecule has 1 aromatic heterocycles. The van der Waals surface area contributed by atoms with E-state index >= 15 is 0 Å². The molecule has 0 unspecified atom stereocenters. The molecule has 1 atom stereocenters. The average molecular weight is 223 g/mol. The summed E-state index contributed by atoms with van der Waals surface area (Å²) in [5.41, 5.74) is 0. The molecule has 0 aliphatic heterocycles. The van der Waals surface area contributed by atoms with Crippen molar-refractivity contribution in [1.29, 1.82) is 5.26 Å². The fourth-order valence-electron chi connectivity index (χ4n) is 0.949. The van der Waals surface area contributed by atoms with Gasteiger partial charge in [-0.05, 0) is 26.0 Å². The summed E-state index contributed by atoms with van der Waals surface area (Å²) in [5.74, 6) is -0.166. The molecule has 1 rings (SSSR count). The zero-order chi connectivity index (χ0) is 11.3. The van der Waals surface area contributed by atoms with Crippen LogP contribution in [0, 0.1) is 24.2 Å². The third-order valence-corrected chi connectivity index (χ3v) is 2.68. The second kappa shape index (κ2) is 5.37. The van der Waals surface area contributed by atoms with Gasteiger partial charge in [-0.15, -0.1) is 11.3 Å². The van der Waals surface area contributed by atoms with Crippen molar-refractivity contribution in [2.45, 2.75) is 13.8 Å². The highest BCUT2D eigenvalue weighted by atomic mass is 32.1. The van der Waals surface area contributed by atoms with E-state index < -0.39 is 0 Å². The second-order valence-corrected chi connectivity index (χ2v) is 4.56. The van der Waals surface area contributed by atoms with E-state index in [1.807, 2.05) is 25.1 Å². The molecule has 0 aliphatic carbocycles. The van der Waals surface area contributed by atoms with Crippen LogP contribution in [0.2, 0.25) is 0 Å². The summed E-state index contributed by atoms with van der Waals surface area (Å²) in [6.45, 7) is 4.10. The zero-order valence-electron chi connectivity index (χ0n) is 8.70. The van der Waals surface area contributed by atoms with Crippen molar-refractivity contribution in [2.24, 2.45) is 5.92 Å². The maximum atomic E-state index is 11.3. The number of hydrogen-bond donors (Lipinski definition) is 2. The molecule has 80 valence electrons. The molecule has 0 aromatic carbocycles. The van der Waals surface area contributed by atoms with Crippen LogP contribution in [0.25, 0.3) is 0 Å². The number of hydrogen-bond acceptors (Lipinski definition) is 3. The molecule has 0 bridgehead atoms. The molecule has 2 N–H and O–H groups in total. The first kappa shape index (κ1) is 11.5. The zero-order valence-corrected chi connectivity index (χ0v) is 9.52. The van der Waals surface area contributed by atoms with Crippen molar-refractivity contribution in [3.8, 4) is 6.07 Å². The van der Waals surface area contributed by atoms with E-state index in [0.717, 1.165) is 9.88 Å². The Hall–Kier alpha value is -1.54. The van der Waals surface area contributed by atoms with E-state index in [-0.39, 0.29) is 11.9 Å². The van der Waals surface area contributed by atoms with Crippen LogP contribution < -0.4 is 10.6 Å². The molecule has 2 amide bonds. The number of thiophene rings is 1. The van der Waals surface area contributed by atoms with Crippen molar-refractivity contribution < 1.29 is 4.79 Å². The predicted molar refractivity (Wildman–Crippen MR) is 60.9 cm³/mol. The first-order valence-electron chi connectivity index (χ1n) is 4.62. The van der Waals surface area contributed by atoms with Crippen LogP contribution in [0.15, 0.2) is 12.1 Å². The molecule has 0 radical (unpaired) electrons. The molecule has 0 aliphatic rings. The summed E-state index contributed by atoms with van der Waals surface area (Å²) in [5, 5.41) is 14.7. The highest BCUT2D eigenvalue weighted by Crippen LogP contribution is 2.20. The number of amides is 2. The molecule has 0 spiro atoms. The summed E-state index contributed by atoms with van der Waals surface area (Å²) in [6.07, 6.45) is 0. The van der Waals surface area contributed by atoms with Gasteiger partial charge in [-0.25, -0.2) is 4.79 Å². The lowest BCUT2D eigenvalue weighted by atomic mass is 10.2. The fourth-order valence-corrected chi connectivity index (χ4v) is 1.71. The van der Waals surface area contributed by atoms with E-state index in [0.29, 0.717) is 6.54 Å².